The fourth-order valence-corrected chi connectivity index (χ4v) is 2.50. The van der Waals surface area contributed by atoms with E-state index >= 15 is 0 Å². The SMILES string of the molecule is CCOc1ccc(NC(=O)COc2ccc(C(=O)OC)cc2OC)cc1OCC. The van der Waals surface area contributed by atoms with Crippen molar-refractivity contribution in [2.24, 2.45) is 0 Å². The highest BCUT2D eigenvalue weighted by molar-refractivity contribution is 5.92. The van der Waals surface area contributed by atoms with E-state index in [0.29, 0.717) is 47.5 Å². The van der Waals surface area contributed by atoms with Crippen molar-refractivity contribution < 1.29 is 33.3 Å². The summed E-state index contributed by atoms with van der Waals surface area (Å²) in [6.07, 6.45) is 0. The normalized spacial score (nSPS) is 10.1. The van der Waals surface area contributed by atoms with Crippen LogP contribution in [0.25, 0.3) is 0 Å². The third-order valence-corrected chi connectivity index (χ3v) is 3.77. The maximum atomic E-state index is 12.3. The van der Waals surface area contributed by atoms with E-state index in [0.717, 1.165) is 0 Å². The standard InChI is InChI=1S/C21H25NO7/c1-5-27-17-10-8-15(12-19(17)28-6-2)22-20(23)13-29-16-9-7-14(21(24)26-4)11-18(16)25-3/h7-12H,5-6,13H2,1-4H3,(H,22,23). The van der Waals surface area contributed by atoms with Gasteiger partial charge in [-0.05, 0) is 44.2 Å². The fraction of sp³-hybridized carbons (Fsp3) is 0.333. The number of ether oxygens (including phenoxy) is 5. The zero-order valence-corrected chi connectivity index (χ0v) is 16.9. The molecular formula is C21H25NO7. The first-order chi connectivity index (χ1) is 14.0. The highest BCUT2D eigenvalue weighted by Gasteiger charge is 2.13. The number of rotatable bonds is 10. The molecule has 1 amide bonds. The number of amides is 1. The number of anilines is 1. The van der Waals surface area contributed by atoms with E-state index in [1.165, 1.54) is 26.4 Å². The molecule has 0 aromatic heterocycles. The number of carbonyl (C=O) groups is 2. The van der Waals surface area contributed by atoms with Gasteiger partial charge in [0, 0.05) is 11.8 Å². The van der Waals surface area contributed by atoms with Crippen LogP contribution in [0, 0.1) is 0 Å². The van der Waals surface area contributed by atoms with Crippen LogP contribution in [-0.2, 0) is 9.53 Å². The summed E-state index contributed by atoms with van der Waals surface area (Å²) < 4.78 is 26.5. The Morgan fingerprint density at radius 3 is 2.14 bits per heavy atom. The molecule has 0 spiro atoms. The van der Waals surface area contributed by atoms with Gasteiger partial charge in [-0.15, -0.1) is 0 Å². The van der Waals surface area contributed by atoms with E-state index < -0.39 is 5.97 Å². The molecule has 0 aliphatic rings. The molecule has 0 atom stereocenters. The molecule has 8 heteroatoms. The van der Waals surface area contributed by atoms with Crippen LogP contribution in [0.5, 0.6) is 23.0 Å². The van der Waals surface area contributed by atoms with Crippen LogP contribution in [0.3, 0.4) is 0 Å². The monoisotopic (exact) mass is 403 g/mol. The minimum absolute atomic E-state index is 0.245. The summed E-state index contributed by atoms with van der Waals surface area (Å²) in [6.45, 7) is 4.49. The maximum absolute atomic E-state index is 12.3. The van der Waals surface area contributed by atoms with Gasteiger partial charge in [-0.1, -0.05) is 0 Å². The van der Waals surface area contributed by atoms with Crippen LogP contribution < -0.4 is 24.3 Å². The van der Waals surface area contributed by atoms with Crippen LogP contribution in [0.4, 0.5) is 5.69 Å². The lowest BCUT2D eigenvalue weighted by atomic mass is 10.2. The number of esters is 1. The Labute approximate surface area is 169 Å². The van der Waals surface area contributed by atoms with Crippen LogP contribution >= 0.6 is 0 Å². The number of carbonyl (C=O) groups excluding carboxylic acids is 2. The number of hydrogen-bond acceptors (Lipinski definition) is 7. The third-order valence-electron chi connectivity index (χ3n) is 3.77. The second-order valence-corrected chi connectivity index (χ2v) is 5.72. The topological polar surface area (TPSA) is 92.3 Å². The van der Waals surface area contributed by atoms with Crippen molar-refractivity contribution in [3.63, 3.8) is 0 Å². The van der Waals surface area contributed by atoms with Gasteiger partial charge in [0.25, 0.3) is 5.91 Å². The van der Waals surface area contributed by atoms with E-state index in [1.54, 1.807) is 24.3 Å². The molecule has 0 heterocycles. The van der Waals surface area contributed by atoms with Gasteiger partial charge in [0.15, 0.2) is 29.6 Å². The first-order valence-electron chi connectivity index (χ1n) is 9.11. The third kappa shape index (κ3) is 6.03. The van der Waals surface area contributed by atoms with E-state index in [1.807, 2.05) is 13.8 Å². The second-order valence-electron chi connectivity index (χ2n) is 5.72. The molecule has 0 saturated heterocycles. The Balaban J connectivity index is 2.03. The molecule has 29 heavy (non-hydrogen) atoms. The van der Waals surface area contributed by atoms with Crippen LogP contribution in [0.2, 0.25) is 0 Å². The van der Waals surface area contributed by atoms with Crippen molar-refractivity contribution in [2.45, 2.75) is 13.8 Å². The largest absolute Gasteiger partial charge is 0.493 e. The molecule has 0 aliphatic heterocycles. The quantitative estimate of drug-likeness (QED) is 0.609. The zero-order valence-electron chi connectivity index (χ0n) is 16.9. The first-order valence-corrected chi connectivity index (χ1v) is 9.11. The molecule has 156 valence electrons. The molecule has 2 rings (SSSR count). The molecule has 0 aliphatic carbocycles. The lowest BCUT2D eigenvalue weighted by Gasteiger charge is -2.14. The lowest BCUT2D eigenvalue weighted by Crippen LogP contribution is -2.20. The maximum Gasteiger partial charge on any atom is 0.337 e. The summed E-state index contributed by atoms with van der Waals surface area (Å²) in [5, 5.41) is 2.74. The van der Waals surface area contributed by atoms with Gasteiger partial charge in [0.2, 0.25) is 0 Å². The van der Waals surface area contributed by atoms with Crippen molar-refractivity contribution in [1.82, 2.24) is 0 Å². The van der Waals surface area contributed by atoms with E-state index in [4.69, 9.17) is 18.9 Å². The van der Waals surface area contributed by atoms with Crippen LogP contribution in [-0.4, -0.2) is 45.9 Å². The van der Waals surface area contributed by atoms with Gasteiger partial charge in [-0.2, -0.15) is 0 Å². The minimum atomic E-state index is -0.492. The van der Waals surface area contributed by atoms with Crippen molar-refractivity contribution >= 4 is 17.6 Å². The average Bonchev–Trinajstić information content (AvgIpc) is 2.73. The Hall–Kier alpha value is -3.42. The van der Waals surface area contributed by atoms with Crippen LogP contribution in [0.15, 0.2) is 36.4 Å². The number of benzene rings is 2. The van der Waals surface area contributed by atoms with E-state index in [2.05, 4.69) is 10.1 Å². The summed E-state index contributed by atoms with van der Waals surface area (Å²) in [7, 11) is 2.74. The van der Waals surface area contributed by atoms with Gasteiger partial charge >= 0.3 is 5.97 Å². The van der Waals surface area contributed by atoms with Crippen LogP contribution in [0.1, 0.15) is 24.2 Å². The molecule has 2 aromatic rings. The molecular weight excluding hydrogens is 378 g/mol. The summed E-state index contributed by atoms with van der Waals surface area (Å²) >= 11 is 0. The molecule has 0 unspecified atom stereocenters. The molecule has 0 saturated carbocycles. The zero-order chi connectivity index (χ0) is 21.2. The smallest absolute Gasteiger partial charge is 0.337 e. The molecule has 0 radical (unpaired) electrons. The first kappa shape index (κ1) is 21.9. The number of hydrogen-bond donors (Lipinski definition) is 1. The summed E-state index contributed by atoms with van der Waals surface area (Å²) in [5.74, 6) is 0.952. The molecule has 2 aromatic carbocycles. The Kier molecular flexibility index (Phi) is 8.14. The van der Waals surface area contributed by atoms with Gasteiger partial charge in [-0.25, -0.2) is 4.79 Å². The lowest BCUT2D eigenvalue weighted by molar-refractivity contribution is -0.118. The molecule has 8 nitrogen and oxygen atoms in total. The predicted octanol–water partition coefficient (Wildman–Crippen LogP) is 3.30. The molecule has 0 bridgehead atoms. The van der Waals surface area contributed by atoms with Gasteiger partial charge < -0.3 is 29.0 Å². The fourth-order valence-electron chi connectivity index (χ4n) is 2.50. The van der Waals surface area contributed by atoms with Crippen molar-refractivity contribution in [3.8, 4) is 23.0 Å². The summed E-state index contributed by atoms with van der Waals surface area (Å²) in [5.41, 5.74) is 0.873. The Morgan fingerprint density at radius 1 is 0.828 bits per heavy atom. The van der Waals surface area contributed by atoms with E-state index in [9.17, 15) is 9.59 Å². The van der Waals surface area contributed by atoms with Gasteiger partial charge in [-0.3, -0.25) is 4.79 Å². The summed E-state index contributed by atoms with van der Waals surface area (Å²) in [4.78, 5) is 23.9. The van der Waals surface area contributed by atoms with Crippen molar-refractivity contribution in [1.29, 1.82) is 0 Å². The molecule has 1 N–H and O–H groups in total. The summed E-state index contributed by atoms with van der Waals surface area (Å²) in [6, 6.07) is 9.71. The highest BCUT2D eigenvalue weighted by atomic mass is 16.5. The molecule has 0 fully saturated rings. The number of methoxy groups -OCH3 is 2. The predicted molar refractivity (Wildman–Crippen MR) is 107 cm³/mol. The minimum Gasteiger partial charge on any atom is -0.493 e. The Bertz CT molecular complexity index is 851. The number of nitrogens with one attached hydrogen (secondary N) is 1. The van der Waals surface area contributed by atoms with Crippen molar-refractivity contribution in [2.75, 3.05) is 39.4 Å². The average molecular weight is 403 g/mol. The van der Waals surface area contributed by atoms with E-state index in [-0.39, 0.29) is 12.5 Å². The van der Waals surface area contributed by atoms with Crippen molar-refractivity contribution in [3.05, 3.63) is 42.0 Å². The second kappa shape index (κ2) is 10.8. The van der Waals surface area contributed by atoms with Gasteiger partial charge in [0.1, 0.15) is 0 Å². The Morgan fingerprint density at radius 2 is 1.48 bits per heavy atom. The van der Waals surface area contributed by atoms with Gasteiger partial charge in [0.05, 0.1) is 33.0 Å². The highest BCUT2D eigenvalue weighted by Crippen LogP contribution is 2.31.